The highest BCUT2D eigenvalue weighted by Gasteiger charge is 2.31. The minimum absolute atomic E-state index is 0.00936. The Balaban J connectivity index is 2.21. The molecule has 6 nitrogen and oxygen atoms in total. The number of nitrogens with zero attached hydrogens (tertiary/aromatic N) is 5. The highest BCUT2D eigenvalue weighted by atomic mass is 35.5. The highest BCUT2D eigenvalue weighted by Crippen LogP contribution is 2.31. The first-order chi connectivity index (χ1) is 9.15. The number of rotatable bonds is 3. The quantitative estimate of drug-likeness (QED) is 0.482. The van der Waals surface area contributed by atoms with Crippen molar-refractivity contribution < 1.29 is 4.79 Å². The van der Waals surface area contributed by atoms with Crippen molar-refractivity contribution >= 4 is 23.2 Å². The first kappa shape index (κ1) is 13.2. The molecule has 2 rings (SSSR count). The minimum atomic E-state index is -0.0512. The van der Waals surface area contributed by atoms with E-state index >= 15 is 0 Å². The Bertz CT molecular complexity index is 603. The van der Waals surface area contributed by atoms with Crippen LogP contribution in [-0.4, -0.2) is 19.0 Å². The maximum atomic E-state index is 11.9. The van der Waals surface area contributed by atoms with Gasteiger partial charge in [0.2, 0.25) is 5.91 Å². The third-order valence-electron chi connectivity index (χ3n) is 2.98. The van der Waals surface area contributed by atoms with E-state index in [0.717, 1.165) is 0 Å². The summed E-state index contributed by atoms with van der Waals surface area (Å²) < 4.78 is 0. The first-order valence-corrected chi connectivity index (χ1v) is 6.04. The number of halogens is 1. The molecule has 0 aromatic heterocycles. The molecule has 19 heavy (non-hydrogen) atoms. The number of carbonyl (C=O) groups excluding carboxylic acids is 1. The molecule has 96 valence electrons. The van der Waals surface area contributed by atoms with Crippen LogP contribution < -0.4 is 4.90 Å². The zero-order valence-electron chi connectivity index (χ0n) is 9.95. The largest absolute Gasteiger partial charge is 0.311 e. The predicted molar refractivity (Wildman–Crippen MR) is 70.6 cm³/mol. The van der Waals surface area contributed by atoms with E-state index in [-0.39, 0.29) is 11.8 Å². The second-order valence-corrected chi connectivity index (χ2v) is 4.67. The summed E-state index contributed by atoms with van der Waals surface area (Å²) in [6, 6.07) is 6.80. The monoisotopic (exact) mass is 275 g/mol. The second-order valence-electron chi connectivity index (χ2n) is 4.27. The molecular weight excluding hydrogens is 266 g/mol. The van der Waals surface area contributed by atoms with Crippen molar-refractivity contribution in [3.8, 4) is 6.07 Å². The number of hydrogen-bond acceptors (Lipinski definition) is 3. The molecule has 7 heteroatoms. The summed E-state index contributed by atoms with van der Waals surface area (Å²) in [6.45, 7) is 0.774. The average molecular weight is 276 g/mol. The zero-order chi connectivity index (χ0) is 13.8. The number of benzene rings is 1. The molecule has 1 saturated heterocycles. The van der Waals surface area contributed by atoms with Gasteiger partial charge in [-0.25, -0.2) is 0 Å². The normalized spacial score (nSPS) is 18.0. The molecule has 0 aliphatic carbocycles. The molecule has 0 saturated carbocycles. The van der Waals surface area contributed by atoms with E-state index < -0.39 is 0 Å². The highest BCUT2D eigenvalue weighted by molar-refractivity contribution is 6.34. The second kappa shape index (κ2) is 5.61. The van der Waals surface area contributed by atoms with Crippen molar-refractivity contribution in [2.24, 2.45) is 11.0 Å². The van der Waals surface area contributed by atoms with E-state index in [0.29, 0.717) is 35.8 Å². The Kier molecular flexibility index (Phi) is 3.91. The lowest BCUT2D eigenvalue weighted by Gasteiger charge is -2.18. The van der Waals surface area contributed by atoms with Crippen LogP contribution in [0.1, 0.15) is 12.0 Å². The van der Waals surface area contributed by atoms with Crippen LogP contribution in [0, 0.1) is 17.2 Å². The summed E-state index contributed by atoms with van der Waals surface area (Å²) in [4.78, 5) is 16.2. The van der Waals surface area contributed by atoms with E-state index in [2.05, 4.69) is 10.0 Å². The summed E-state index contributed by atoms with van der Waals surface area (Å²) in [5.41, 5.74) is 9.33. The molecule has 1 aliphatic heterocycles. The molecular formula is C12H10ClN5O. The van der Waals surface area contributed by atoms with Gasteiger partial charge in [-0.05, 0) is 29.6 Å². The third kappa shape index (κ3) is 2.79. The standard InChI is InChI=1S/C12H10ClN5O/c13-10-3-8(5-14)1-2-11(10)18-7-9(4-12(18)19)6-16-17-15/h1-3,9H,4,6-7H2. The van der Waals surface area contributed by atoms with E-state index in [1.54, 1.807) is 17.0 Å². The van der Waals surface area contributed by atoms with Crippen LogP contribution >= 0.6 is 11.6 Å². The number of carbonyl (C=O) groups is 1. The Labute approximate surface area is 114 Å². The van der Waals surface area contributed by atoms with Crippen LogP contribution in [0.5, 0.6) is 0 Å². The van der Waals surface area contributed by atoms with Crippen LogP contribution in [0.4, 0.5) is 5.69 Å². The number of nitriles is 1. The van der Waals surface area contributed by atoms with Gasteiger partial charge in [-0.1, -0.05) is 16.7 Å². The van der Waals surface area contributed by atoms with Crippen LogP contribution in [0.15, 0.2) is 23.3 Å². The third-order valence-corrected chi connectivity index (χ3v) is 3.28. The Hall–Kier alpha value is -2.22. The molecule has 1 atom stereocenters. The van der Waals surface area contributed by atoms with Gasteiger partial charge >= 0.3 is 0 Å². The van der Waals surface area contributed by atoms with Crippen LogP contribution in [0.25, 0.3) is 10.4 Å². The topological polar surface area (TPSA) is 92.9 Å². The summed E-state index contributed by atoms with van der Waals surface area (Å²) in [7, 11) is 0. The molecule has 1 amide bonds. The van der Waals surface area contributed by atoms with Crippen LogP contribution in [-0.2, 0) is 4.79 Å². The molecule has 1 heterocycles. The number of hydrogen-bond donors (Lipinski definition) is 0. The fourth-order valence-electron chi connectivity index (χ4n) is 2.08. The van der Waals surface area contributed by atoms with Gasteiger partial charge in [0.05, 0.1) is 22.3 Å². The molecule has 1 aromatic rings. The van der Waals surface area contributed by atoms with E-state index in [4.69, 9.17) is 22.4 Å². The molecule has 1 aromatic carbocycles. The maximum absolute atomic E-state index is 11.9. The Morgan fingerprint density at radius 2 is 2.42 bits per heavy atom. The van der Waals surface area contributed by atoms with Gasteiger partial charge in [0.25, 0.3) is 0 Å². The summed E-state index contributed by atoms with van der Waals surface area (Å²) in [6.07, 6.45) is 0.343. The van der Waals surface area contributed by atoms with E-state index in [1.165, 1.54) is 6.07 Å². The van der Waals surface area contributed by atoms with Gasteiger partial charge in [0, 0.05) is 24.4 Å². The Morgan fingerprint density at radius 3 is 3.05 bits per heavy atom. The average Bonchev–Trinajstić information content (AvgIpc) is 2.77. The fourth-order valence-corrected chi connectivity index (χ4v) is 2.37. The smallest absolute Gasteiger partial charge is 0.227 e. The number of azide groups is 1. The van der Waals surface area contributed by atoms with Crippen LogP contribution in [0.2, 0.25) is 5.02 Å². The van der Waals surface area contributed by atoms with Gasteiger partial charge in [-0.3, -0.25) is 4.79 Å². The van der Waals surface area contributed by atoms with Gasteiger partial charge < -0.3 is 4.90 Å². The van der Waals surface area contributed by atoms with Gasteiger partial charge in [0.1, 0.15) is 0 Å². The number of anilines is 1. The van der Waals surface area contributed by atoms with E-state index in [9.17, 15) is 4.79 Å². The minimum Gasteiger partial charge on any atom is -0.311 e. The molecule has 0 bridgehead atoms. The Morgan fingerprint density at radius 1 is 1.63 bits per heavy atom. The molecule has 0 radical (unpaired) electrons. The molecule has 1 aliphatic rings. The predicted octanol–water partition coefficient (Wildman–Crippen LogP) is 2.87. The molecule has 0 N–H and O–H groups in total. The summed E-state index contributed by atoms with van der Waals surface area (Å²) in [5.74, 6) is -0.0418. The number of amides is 1. The maximum Gasteiger partial charge on any atom is 0.227 e. The van der Waals surface area contributed by atoms with Crippen molar-refractivity contribution in [3.05, 3.63) is 39.2 Å². The lowest BCUT2D eigenvalue weighted by Crippen LogP contribution is -2.25. The first-order valence-electron chi connectivity index (χ1n) is 5.66. The SMILES string of the molecule is N#Cc1ccc(N2CC(CN=[N+]=[N-])CC2=O)c(Cl)c1. The zero-order valence-corrected chi connectivity index (χ0v) is 10.7. The van der Waals surface area contributed by atoms with Crippen molar-refractivity contribution in [1.29, 1.82) is 5.26 Å². The van der Waals surface area contributed by atoms with Crippen molar-refractivity contribution in [2.75, 3.05) is 18.0 Å². The van der Waals surface area contributed by atoms with E-state index in [1.807, 2.05) is 6.07 Å². The van der Waals surface area contributed by atoms with Crippen LogP contribution in [0.3, 0.4) is 0 Å². The lowest BCUT2D eigenvalue weighted by atomic mass is 10.1. The van der Waals surface area contributed by atoms with Crippen molar-refractivity contribution in [2.45, 2.75) is 6.42 Å². The van der Waals surface area contributed by atoms with Crippen molar-refractivity contribution in [1.82, 2.24) is 0 Å². The lowest BCUT2D eigenvalue weighted by molar-refractivity contribution is -0.117. The molecule has 0 spiro atoms. The fraction of sp³-hybridized carbons (Fsp3) is 0.333. The van der Waals surface area contributed by atoms with Gasteiger partial charge in [0.15, 0.2) is 0 Å². The molecule has 1 fully saturated rings. The summed E-state index contributed by atoms with van der Waals surface area (Å²) in [5, 5.41) is 12.6. The van der Waals surface area contributed by atoms with Gasteiger partial charge in [-0.15, -0.1) is 0 Å². The molecule has 1 unspecified atom stereocenters. The van der Waals surface area contributed by atoms with Gasteiger partial charge in [-0.2, -0.15) is 5.26 Å². The van der Waals surface area contributed by atoms with Crippen molar-refractivity contribution in [3.63, 3.8) is 0 Å². The summed E-state index contributed by atoms with van der Waals surface area (Å²) >= 11 is 6.08.